The summed E-state index contributed by atoms with van der Waals surface area (Å²) in [5.74, 6) is -0.0779. The maximum Gasteiger partial charge on any atom is 0.223 e. The van der Waals surface area contributed by atoms with Gasteiger partial charge in [-0.05, 0) is 19.4 Å². The van der Waals surface area contributed by atoms with Crippen LogP contribution in [-0.2, 0) is 11.3 Å². The van der Waals surface area contributed by atoms with Gasteiger partial charge in [0, 0.05) is 31.4 Å². The minimum atomic E-state index is -0.0779. The molecule has 1 amide bonds. The third kappa shape index (κ3) is 3.76. The zero-order valence-corrected chi connectivity index (χ0v) is 10.8. The highest BCUT2D eigenvalue weighted by molar-refractivity contribution is 7.13. The molecule has 1 atom stereocenters. The van der Waals surface area contributed by atoms with Gasteiger partial charge in [0.1, 0.15) is 0 Å². The molecule has 1 fully saturated rings. The van der Waals surface area contributed by atoms with Crippen molar-refractivity contribution in [2.45, 2.75) is 32.4 Å². The molecular formula is C11H18N4OS. The van der Waals surface area contributed by atoms with Crippen molar-refractivity contribution in [1.29, 1.82) is 0 Å². The number of rotatable bonds is 3. The summed E-state index contributed by atoms with van der Waals surface area (Å²) in [6.45, 7) is 4.34. The van der Waals surface area contributed by atoms with Gasteiger partial charge in [0.2, 0.25) is 5.91 Å². The molecule has 0 aromatic carbocycles. The number of carbonyl (C=O) groups excluding carboxylic acids is 1. The lowest BCUT2D eigenvalue weighted by Gasteiger charge is -2.29. The van der Waals surface area contributed by atoms with E-state index in [0.29, 0.717) is 5.13 Å². The number of likely N-dealkylation sites (tertiary alicyclic amines) is 1. The van der Waals surface area contributed by atoms with Crippen LogP contribution in [0.3, 0.4) is 0 Å². The number of aromatic nitrogens is 1. The SMILES string of the molecule is CC(=O)Nc1nc(CN2CCCC(N)C2)cs1. The number of piperidine rings is 1. The molecule has 3 N–H and O–H groups in total. The summed E-state index contributed by atoms with van der Waals surface area (Å²) in [5, 5.41) is 5.36. The highest BCUT2D eigenvalue weighted by Gasteiger charge is 2.17. The van der Waals surface area contributed by atoms with E-state index in [4.69, 9.17) is 5.73 Å². The quantitative estimate of drug-likeness (QED) is 0.845. The lowest BCUT2D eigenvalue weighted by Crippen LogP contribution is -2.42. The number of carbonyl (C=O) groups is 1. The van der Waals surface area contributed by atoms with Crippen LogP contribution < -0.4 is 11.1 Å². The molecule has 0 saturated carbocycles. The van der Waals surface area contributed by atoms with Crippen molar-refractivity contribution in [3.05, 3.63) is 11.1 Å². The van der Waals surface area contributed by atoms with Gasteiger partial charge >= 0.3 is 0 Å². The van der Waals surface area contributed by atoms with Crippen LogP contribution in [-0.4, -0.2) is 34.9 Å². The number of thiazole rings is 1. The number of nitrogens with one attached hydrogen (secondary N) is 1. The van der Waals surface area contributed by atoms with E-state index in [1.165, 1.54) is 18.3 Å². The highest BCUT2D eigenvalue weighted by Crippen LogP contribution is 2.18. The fourth-order valence-corrected chi connectivity index (χ4v) is 2.80. The molecule has 1 unspecified atom stereocenters. The Morgan fingerprint density at radius 1 is 1.76 bits per heavy atom. The standard InChI is InChI=1S/C11H18N4OS/c1-8(16)13-11-14-10(7-17-11)6-15-4-2-3-9(12)5-15/h7,9H,2-6,12H2,1H3,(H,13,14,16). The van der Waals surface area contributed by atoms with Gasteiger partial charge in [-0.25, -0.2) is 4.98 Å². The summed E-state index contributed by atoms with van der Waals surface area (Å²) in [6, 6.07) is 0.289. The first kappa shape index (κ1) is 12.5. The van der Waals surface area contributed by atoms with E-state index in [1.54, 1.807) is 0 Å². The molecule has 0 aliphatic carbocycles. The smallest absolute Gasteiger partial charge is 0.223 e. The Morgan fingerprint density at radius 3 is 3.29 bits per heavy atom. The molecule has 0 spiro atoms. The van der Waals surface area contributed by atoms with Crippen LogP contribution in [0, 0.1) is 0 Å². The van der Waals surface area contributed by atoms with E-state index in [9.17, 15) is 4.79 Å². The molecule has 0 radical (unpaired) electrons. The van der Waals surface area contributed by atoms with E-state index < -0.39 is 0 Å². The van der Waals surface area contributed by atoms with Crippen LogP contribution in [0.25, 0.3) is 0 Å². The van der Waals surface area contributed by atoms with Gasteiger partial charge in [-0.3, -0.25) is 9.69 Å². The van der Waals surface area contributed by atoms with Gasteiger partial charge in [0.05, 0.1) is 5.69 Å². The zero-order valence-electron chi connectivity index (χ0n) is 9.98. The second-order valence-electron chi connectivity index (χ2n) is 4.46. The largest absolute Gasteiger partial charge is 0.327 e. The Morgan fingerprint density at radius 2 is 2.59 bits per heavy atom. The summed E-state index contributed by atoms with van der Waals surface area (Å²) >= 11 is 1.47. The molecule has 1 aliphatic heterocycles. The van der Waals surface area contributed by atoms with Gasteiger partial charge in [-0.2, -0.15) is 0 Å². The maximum absolute atomic E-state index is 10.9. The summed E-state index contributed by atoms with van der Waals surface area (Å²) < 4.78 is 0. The Kier molecular flexibility index (Phi) is 4.09. The van der Waals surface area contributed by atoms with Gasteiger partial charge < -0.3 is 11.1 Å². The molecule has 2 rings (SSSR count). The molecule has 2 heterocycles. The number of nitrogens with two attached hydrogens (primary N) is 1. The van der Waals surface area contributed by atoms with Crippen LogP contribution in [0.4, 0.5) is 5.13 Å². The molecule has 6 heteroatoms. The zero-order chi connectivity index (χ0) is 12.3. The maximum atomic E-state index is 10.9. The average molecular weight is 254 g/mol. The van der Waals surface area contributed by atoms with Gasteiger partial charge in [-0.1, -0.05) is 0 Å². The number of hydrogen-bond acceptors (Lipinski definition) is 5. The summed E-state index contributed by atoms with van der Waals surface area (Å²) in [4.78, 5) is 17.6. The fraction of sp³-hybridized carbons (Fsp3) is 0.636. The summed E-state index contributed by atoms with van der Waals surface area (Å²) in [6.07, 6.45) is 2.27. The number of hydrogen-bond donors (Lipinski definition) is 2. The number of amides is 1. The third-order valence-corrected chi connectivity index (χ3v) is 3.57. The van der Waals surface area contributed by atoms with Crippen molar-refractivity contribution in [3.63, 3.8) is 0 Å². The van der Waals surface area contributed by atoms with Crippen molar-refractivity contribution in [2.24, 2.45) is 5.73 Å². The first-order valence-electron chi connectivity index (χ1n) is 5.83. The van der Waals surface area contributed by atoms with E-state index >= 15 is 0 Å². The van der Waals surface area contributed by atoms with Crippen LogP contribution in [0.5, 0.6) is 0 Å². The second-order valence-corrected chi connectivity index (χ2v) is 5.32. The lowest BCUT2D eigenvalue weighted by molar-refractivity contribution is -0.114. The van der Waals surface area contributed by atoms with E-state index in [-0.39, 0.29) is 11.9 Å². The van der Waals surface area contributed by atoms with Gasteiger partial charge in [0.25, 0.3) is 0 Å². The fourth-order valence-electron chi connectivity index (χ4n) is 2.05. The first-order valence-corrected chi connectivity index (χ1v) is 6.71. The molecule has 0 bridgehead atoms. The summed E-state index contributed by atoms with van der Waals surface area (Å²) in [7, 11) is 0. The van der Waals surface area contributed by atoms with E-state index in [1.807, 2.05) is 5.38 Å². The van der Waals surface area contributed by atoms with Crippen molar-refractivity contribution >= 4 is 22.4 Å². The van der Waals surface area contributed by atoms with Crippen LogP contribution >= 0.6 is 11.3 Å². The molecule has 1 aliphatic rings. The minimum absolute atomic E-state index is 0.0779. The topological polar surface area (TPSA) is 71.2 Å². The Bertz CT molecular complexity index is 393. The molecular weight excluding hydrogens is 236 g/mol. The minimum Gasteiger partial charge on any atom is -0.327 e. The molecule has 94 valence electrons. The summed E-state index contributed by atoms with van der Waals surface area (Å²) in [5.41, 5.74) is 6.94. The molecule has 1 aromatic heterocycles. The Hall–Kier alpha value is -0.980. The highest BCUT2D eigenvalue weighted by atomic mass is 32.1. The molecule has 17 heavy (non-hydrogen) atoms. The molecule has 1 aromatic rings. The van der Waals surface area contributed by atoms with E-state index in [0.717, 1.165) is 38.2 Å². The van der Waals surface area contributed by atoms with Crippen molar-refractivity contribution in [3.8, 4) is 0 Å². The first-order chi connectivity index (χ1) is 8.13. The predicted molar refractivity (Wildman–Crippen MR) is 68.9 cm³/mol. The van der Waals surface area contributed by atoms with Crippen LogP contribution in [0.15, 0.2) is 5.38 Å². The second kappa shape index (κ2) is 5.57. The van der Waals surface area contributed by atoms with Crippen molar-refractivity contribution in [2.75, 3.05) is 18.4 Å². The number of nitrogens with zero attached hydrogens (tertiary/aromatic N) is 2. The van der Waals surface area contributed by atoms with Crippen molar-refractivity contribution < 1.29 is 4.79 Å². The normalized spacial score (nSPS) is 21.4. The Balaban J connectivity index is 1.89. The molecule has 1 saturated heterocycles. The third-order valence-electron chi connectivity index (χ3n) is 2.76. The van der Waals surface area contributed by atoms with Gasteiger partial charge in [-0.15, -0.1) is 11.3 Å². The van der Waals surface area contributed by atoms with Crippen LogP contribution in [0.2, 0.25) is 0 Å². The van der Waals surface area contributed by atoms with Gasteiger partial charge in [0.15, 0.2) is 5.13 Å². The monoisotopic (exact) mass is 254 g/mol. The van der Waals surface area contributed by atoms with Crippen molar-refractivity contribution in [1.82, 2.24) is 9.88 Å². The lowest BCUT2D eigenvalue weighted by atomic mass is 10.1. The van der Waals surface area contributed by atoms with Crippen LogP contribution in [0.1, 0.15) is 25.5 Å². The molecule has 5 nitrogen and oxygen atoms in total. The number of anilines is 1. The Labute approximate surface area is 105 Å². The predicted octanol–water partition coefficient (Wildman–Crippen LogP) is 1.02. The van der Waals surface area contributed by atoms with E-state index in [2.05, 4.69) is 15.2 Å². The average Bonchev–Trinajstić information content (AvgIpc) is 2.64.